The molecular weight excluding hydrogens is 324 g/mol. The van der Waals surface area contributed by atoms with Gasteiger partial charge >= 0.3 is 0 Å². The summed E-state index contributed by atoms with van der Waals surface area (Å²) < 4.78 is 5.84. The number of rotatable bonds is 4. The number of carbonyl (C=O) groups is 1. The van der Waals surface area contributed by atoms with E-state index in [9.17, 15) is 10.1 Å². The number of carbonyl (C=O) groups excluding carboxylic acids is 1. The van der Waals surface area contributed by atoms with Crippen LogP contribution in [-0.2, 0) is 11.2 Å². The summed E-state index contributed by atoms with van der Waals surface area (Å²) in [5.41, 5.74) is 0.371. The summed E-state index contributed by atoms with van der Waals surface area (Å²) in [5.74, 6) is 1.82. The highest BCUT2D eigenvalue weighted by Crippen LogP contribution is 2.41. The van der Waals surface area contributed by atoms with Gasteiger partial charge in [-0.3, -0.25) is 4.79 Å². The Morgan fingerprint density at radius 3 is 2.79 bits per heavy atom. The van der Waals surface area contributed by atoms with Gasteiger partial charge in [0.1, 0.15) is 6.07 Å². The molecule has 1 aliphatic heterocycles. The van der Waals surface area contributed by atoms with Crippen molar-refractivity contribution in [3.05, 3.63) is 34.0 Å². The molecule has 2 aromatic rings. The van der Waals surface area contributed by atoms with Gasteiger partial charge in [-0.25, -0.2) is 4.98 Å². The molecule has 1 aliphatic carbocycles. The third kappa shape index (κ3) is 3.02. The number of thiophene rings is 1. The van der Waals surface area contributed by atoms with E-state index in [-0.39, 0.29) is 5.91 Å². The molecule has 0 radical (unpaired) electrons. The van der Waals surface area contributed by atoms with Gasteiger partial charge in [0.2, 0.25) is 23.4 Å². The predicted octanol–water partition coefficient (Wildman–Crippen LogP) is 2.38. The van der Waals surface area contributed by atoms with Crippen LogP contribution in [0, 0.1) is 11.3 Å². The molecule has 124 valence electrons. The molecule has 1 amide bonds. The quantitative estimate of drug-likeness (QED) is 0.853. The van der Waals surface area contributed by atoms with Crippen LogP contribution in [0.3, 0.4) is 0 Å². The van der Waals surface area contributed by atoms with Crippen LogP contribution in [0.25, 0.3) is 0 Å². The number of hydrogen-bond acceptors (Lipinski definition) is 6. The second-order valence-electron chi connectivity index (χ2n) is 6.22. The molecule has 0 atom stereocenters. The molecule has 2 fully saturated rings. The fourth-order valence-corrected chi connectivity index (χ4v) is 3.65. The second kappa shape index (κ2) is 6.29. The fourth-order valence-electron chi connectivity index (χ4n) is 2.95. The third-order valence-electron chi connectivity index (χ3n) is 4.48. The number of nitriles is 1. The zero-order valence-corrected chi connectivity index (χ0v) is 14.1. The lowest BCUT2D eigenvalue weighted by molar-refractivity contribution is -0.130. The molecule has 6 nitrogen and oxygen atoms in total. The van der Waals surface area contributed by atoms with Crippen LogP contribution >= 0.6 is 11.3 Å². The summed E-state index contributed by atoms with van der Waals surface area (Å²) >= 11 is 1.61. The van der Waals surface area contributed by atoms with E-state index in [2.05, 4.69) is 11.1 Å². The molecular formula is C17H18N4O2S. The van der Waals surface area contributed by atoms with E-state index >= 15 is 0 Å². The highest BCUT2D eigenvalue weighted by Gasteiger charge is 2.32. The molecule has 1 saturated heterocycles. The minimum absolute atomic E-state index is 0.161. The van der Waals surface area contributed by atoms with E-state index in [1.807, 2.05) is 27.3 Å². The van der Waals surface area contributed by atoms with Crippen LogP contribution in [0.15, 0.2) is 21.9 Å². The van der Waals surface area contributed by atoms with Crippen molar-refractivity contribution in [1.82, 2.24) is 9.88 Å². The smallest absolute Gasteiger partial charge is 0.234 e. The summed E-state index contributed by atoms with van der Waals surface area (Å²) in [6.07, 6.45) is 2.65. The predicted molar refractivity (Wildman–Crippen MR) is 90.0 cm³/mol. The SMILES string of the molecule is N#Cc1nc(C2CC2)oc1N1CCN(C(=O)Cc2cccs2)CC1. The van der Waals surface area contributed by atoms with Crippen molar-refractivity contribution in [2.24, 2.45) is 0 Å². The first-order valence-corrected chi connectivity index (χ1v) is 9.08. The van der Waals surface area contributed by atoms with Gasteiger partial charge in [-0.05, 0) is 24.3 Å². The lowest BCUT2D eigenvalue weighted by Crippen LogP contribution is -2.49. The molecule has 7 heteroatoms. The molecule has 0 bridgehead atoms. The van der Waals surface area contributed by atoms with Gasteiger partial charge in [0.15, 0.2) is 0 Å². The van der Waals surface area contributed by atoms with Crippen LogP contribution in [0.1, 0.15) is 35.2 Å². The van der Waals surface area contributed by atoms with Gasteiger partial charge in [-0.15, -0.1) is 11.3 Å². The molecule has 3 heterocycles. The van der Waals surface area contributed by atoms with Crippen LogP contribution in [0.2, 0.25) is 0 Å². The largest absolute Gasteiger partial charge is 0.423 e. The van der Waals surface area contributed by atoms with Crippen molar-refractivity contribution < 1.29 is 9.21 Å². The Labute approximate surface area is 144 Å². The summed E-state index contributed by atoms with van der Waals surface area (Å²) in [6, 6.07) is 6.09. The minimum atomic E-state index is 0.161. The monoisotopic (exact) mass is 342 g/mol. The lowest BCUT2D eigenvalue weighted by Gasteiger charge is -2.34. The first-order chi connectivity index (χ1) is 11.7. The number of aromatic nitrogens is 1. The standard InChI is InChI=1S/C17H18N4O2S/c18-11-14-17(23-16(19-14)12-3-4-12)21-7-5-20(6-8-21)15(22)10-13-2-1-9-24-13/h1-2,9,12H,3-8,10H2. The number of nitrogens with zero attached hydrogens (tertiary/aromatic N) is 4. The highest BCUT2D eigenvalue weighted by atomic mass is 32.1. The van der Waals surface area contributed by atoms with Crippen LogP contribution in [-0.4, -0.2) is 42.0 Å². The van der Waals surface area contributed by atoms with Crippen LogP contribution < -0.4 is 4.90 Å². The number of piperazine rings is 1. The Kier molecular flexibility index (Phi) is 3.98. The number of amides is 1. The van der Waals surface area contributed by atoms with Crippen molar-refractivity contribution in [2.45, 2.75) is 25.2 Å². The lowest BCUT2D eigenvalue weighted by atomic mass is 10.2. The zero-order chi connectivity index (χ0) is 16.5. The minimum Gasteiger partial charge on any atom is -0.423 e. The van der Waals surface area contributed by atoms with Crippen LogP contribution in [0.5, 0.6) is 0 Å². The number of anilines is 1. The van der Waals surface area contributed by atoms with Crippen molar-refractivity contribution in [3.8, 4) is 6.07 Å². The Morgan fingerprint density at radius 2 is 2.17 bits per heavy atom. The third-order valence-corrected chi connectivity index (χ3v) is 5.36. The Bertz CT molecular complexity index is 765. The van der Waals surface area contributed by atoms with Gasteiger partial charge in [-0.1, -0.05) is 6.07 Å². The molecule has 0 unspecified atom stereocenters. The number of oxazole rings is 1. The Hall–Kier alpha value is -2.33. The summed E-state index contributed by atoms with van der Waals surface area (Å²) in [6.45, 7) is 2.64. The fraction of sp³-hybridized carbons (Fsp3) is 0.471. The molecule has 0 spiro atoms. The zero-order valence-electron chi connectivity index (χ0n) is 13.3. The van der Waals surface area contributed by atoms with E-state index in [1.54, 1.807) is 11.3 Å². The maximum Gasteiger partial charge on any atom is 0.234 e. The van der Waals surface area contributed by atoms with Gasteiger partial charge < -0.3 is 14.2 Å². The first kappa shape index (κ1) is 15.2. The molecule has 2 aliphatic rings. The molecule has 1 saturated carbocycles. The molecule has 0 N–H and O–H groups in total. The molecule has 0 aromatic carbocycles. The maximum absolute atomic E-state index is 12.4. The van der Waals surface area contributed by atoms with Gasteiger partial charge in [-0.2, -0.15) is 5.26 Å². The summed E-state index contributed by atoms with van der Waals surface area (Å²) in [5, 5.41) is 11.3. The average molecular weight is 342 g/mol. The van der Waals surface area contributed by atoms with Crippen LogP contribution in [0.4, 0.5) is 5.88 Å². The van der Waals surface area contributed by atoms with Crippen molar-refractivity contribution >= 4 is 23.1 Å². The maximum atomic E-state index is 12.4. The Balaban J connectivity index is 1.39. The second-order valence-corrected chi connectivity index (χ2v) is 7.25. The summed E-state index contributed by atoms with van der Waals surface area (Å²) in [7, 11) is 0. The molecule has 2 aromatic heterocycles. The average Bonchev–Trinajstić information content (AvgIpc) is 3.17. The van der Waals surface area contributed by atoms with Gasteiger partial charge in [0.05, 0.1) is 6.42 Å². The van der Waals surface area contributed by atoms with Crippen molar-refractivity contribution in [2.75, 3.05) is 31.1 Å². The van der Waals surface area contributed by atoms with E-state index in [1.165, 1.54) is 0 Å². The van der Waals surface area contributed by atoms with Crippen molar-refractivity contribution in [3.63, 3.8) is 0 Å². The first-order valence-electron chi connectivity index (χ1n) is 8.20. The van der Waals surface area contributed by atoms with E-state index in [0.29, 0.717) is 56.0 Å². The highest BCUT2D eigenvalue weighted by molar-refractivity contribution is 7.10. The van der Waals surface area contributed by atoms with Crippen molar-refractivity contribution in [1.29, 1.82) is 5.26 Å². The summed E-state index contributed by atoms with van der Waals surface area (Å²) in [4.78, 5) is 21.7. The molecule has 24 heavy (non-hydrogen) atoms. The van der Waals surface area contributed by atoms with E-state index in [4.69, 9.17) is 4.42 Å². The topological polar surface area (TPSA) is 73.4 Å². The number of hydrogen-bond donors (Lipinski definition) is 0. The molecule has 4 rings (SSSR count). The van der Waals surface area contributed by atoms with Gasteiger partial charge in [0, 0.05) is 37.0 Å². The van der Waals surface area contributed by atoms with E-state index < -0.39 is 0 Å². The van der Waals surface area contributed by atoms with E-state index in [0.717, 1.165) is 17.7 Å². The Morgan fingerprint density at radius 1 is 1.38 bits per heavy atom. The van der Waals surface area contributed by atoms with Gasteiger partial charge in [0.25, 0.3) is 0 Å². The normalized spacial score (nSPS) is 17.8.